The third-order valence-corrected chi connectivity index (χ3v) is 5.68. The standard InChI is InChI=1S/C23H30N2O2S/c1-4-18(3)24-23(27)21(5-2)25(16-19-12-8-6-9-13-19)22(26)17-28-20-14-10-7-11-15-20/h6-15,18,21H,4-5,16-17H2,1-3H3,(H,24,27)/t18-,21+/m0/s1. The van der Waals surface area contributed by atoms with Crippen LogP contribution >= 0.6 is 11.8 Å². The fraction of sp³-hybridized carbons (Fsp3) is 0.391. The van der Waals surface area contributed by atoms with Gasteiger partial charge in [0.15, 0.2) is 0 Å². The molecular formula is C23H30N2O2S. The highest BCUT2D eigenvalue weighted by atomic mass is 32.2. The van der Waals surface area contributed by atoms with E-state index in [1.807, 2.05) is 81.4 Å². The molecule has 0 saturated heterocycles. The van der Waals surface area contributed by atoms with Gasteiger partial charge >= 0.3 is 0 Å². The zero-order valence-corrected chi connectivity index (χ0v) is 17.7. The molecule has 4 nitrogen and oxygen atoms in total. The van der Waals surface area contributed by atoms with Gasteiger partial charge in [-0.2, -0.15) is 0 Å². The van der Waals surface area contributed by atoms with E-state index in [1.165, 1.54) is 11.8 Å². The van der Waals surface area contributed by atoms with Gasteiger partial charge in [-0.15, -0.1) is 11.8 Å². The van der Waals surface area contributed by atoms with Crippen LogP contribution in [0.5, 0.6) is 0 Å². The average molecular weight is 399 g/mol. The maximum atomic E-state index is 13.1. The molecule has 0 unspecified atom stereocenters. The van der Waals surface area contributed by atoms with E-state index in [2.05, 4.69) is 5.32 Å². The van der Waals surface area contributed by atoms with Gasteiger partial charge in [0.2, 0.25) is 11.8 Å². The molecule has 0 spiro atoms. The normalized spacial score (nSPS) is 12.8. The van der Waals surface area contributed by atoms with E-state index in [9.17, 15) is 9.59 Å². The van der Waals surface area contributed by atoms with Gasteiger partial charge in [-0.3, -0.25) is 9.59 Å². The molecule has 0 fully saturated rings. The fourth-order valence-electron chi connectivity index (χ4n) is 2.89. The predicted molar refractivity (Wildman–Crippen MR) is 116 cm³/mol. The van der Waals surface area contributed by atoms with E-state index in [-0.39, 0.29) is 17.9 Å². The summed E-state index contributed by atoms with van der Waals surface area (Å²) < 4.78 is 0. The molecule has 0 bridgehead atoms. The zero-order valence-electron chi connectivity index (χ0n) is 16.9. The summed E-state index contributed by atoms with van der Waals surface area (Å²) in [4.78, 5) is 28.7. The molecule has 2 atom stereocenters. The molecular weight excluding hydrogens is 368 g/mol. The molecule has 5 heteroatoms. The van der Waals surface area contributed by atoms with E-state index in [0.717, 1.165) is 16.9 Å². The monoisotopic (exact) mass is 398 g/mol. The third-order valence-electron chi connectivity index (χ3n) is 4.69. The first kappa shape index (κ1) is 22.0. The lowest BCUT2D eigenvalue weighted by molar-refractivity contribution is -0.139. The Kier molecular flexibility index (Phi) is 9.08. The van der Waals surface area contributed by atoms with Crippen molar-refractivity contribution in [3.05, 3.63) is 66.2 Å². The van der Waals surface area contributed by atoms with E-state index in [4.69, 9.17) is 0 Å². The molecule has 1 N–H and O–H groups in total. The third kappa shape index (κ3) is 6.71. The van der Waals surface area contributed by atoms with Crippen molar-refractivity contribution in [1.82, 2.24) is 10.2 Å². The van der Waals surface area contributed by atoms with Crippen molar-refractivity contribution in [3.63, 3.8) is 0 Å². The maximum absolute atomic E-state index is 13.1. The first-order chi connectivity index (χ1) is 13.5. The molecule has 28 heavy (non-hydrogen) atoms. The van der Waals surface area contributed by atoms with Crippen LogP contribution in [0.2, 0.25) is 0 Å². The van der Waals surface area contributed by atoms with Gasteiger partial charge < -0.3 is 10.2 Å². The van der Waals surface area contributed by atoms with Crippen molar-refractivity contribution in [1.29, 1.82) is 0 Å². The Morgan fingerprint density at radius 3 is 2.14 bits per heavy atom. The van der Waals surface area contributed by atoms with Crippen LogP contribution in [0.3, 0.4) is 0 Å². The highest BCUT2D eigenvalue weighted by Crippen LogP contribution is 2.20. The summed E-state index contributed by atoms with van der Waals surface area (Å²) in [5.41, 5.74) is 1.02. The maximum Gasteiger partial charge on any atom is 0.243 e. The SMILES string of the molecule is CC[C@H](C(=O)N[C@@H](C)CC)N(Cc1ccccc1)C(=O)CSc1ccccc1. The van der Waals surface area contributed by atoms with Crippen molar-refractivity contribution in [2.75, 3.05) is 5.75 Å². The number of nitrogens with one attached hydrogen (secondary N) is 1. The lowest BCUT2D eigenvalue weighted by Crippen LogP contribution is -2.51. The smallest absolute Gasteiger partial charge is 0.243 e. The van der Waals surface area contributed by atoms with Crippen LogP contribution in [0, 0.1) is 0 Å². The van der Waals surface area contributed by atoms with Crippen LogP contribution in [0.4, 0.5) is 0 Å². The lowest BCUT2D eigenvalue weighted by atomic mass is 10.1. The lowest BCUT2D eigenvalue weighted by Gasteiger charge is -2.31. The Balaban J connectivity index is 2.16. The number of amides is 2. The summed E-state index contributed by atoms with van der Waals surface area (Å²) in [5, 5.41) is 3.04. The molecule has 2 aromatic carbocycles. The van der Waals surface area contributed by atoms with Crippen molar-refractivity contribution in [2.24, 2.45) is 0 Å². The summed E-state index contributed by atoms with van der Waals surface area (Å²) in [6.07, 6.45) is 1.44. The fourth-order valence-corrected chi connectivity index (χ4v) is 3.69. The first-order valence-corrected chi connectivity index (χ1v) is 10.8. The Morgan fingerprint density at radius 2 is 1.57 bits per heavy atom. The van der Waals surface area contributed by atoms with Crippen molar-refractivity contribution in [2.45, 2.75) is 57.1 Å². The Labute approximate surface area is 172 Å². The number of carbonyl (C=O) groups excluding carboxylic acids is 2. The number of rotatable bonds is 10. The van der Waals surface area contributed by atoms with Crippen LogP contribution < -0.4 is 5.32 Å². The summed E-state index contributed by atoms with van der Waals surface area (Å²) in [7, 11) is 0. The summed E-state index contributed by atoms with van der Waals surface area (Å²) in [5.74, 6) is 0.207. The second-order valence-electron chi connectivity index (χ2n) is 6.85. The molecule has 0 aliphatic carbocycles. The molecule has 0 radical (unpaired) electrons. The highest BCUT2D eigenvalue weighted by Gasteiger charge is 2.29. The topological polar surface area (TPSA) is 49.4 Å². The molecule has 0 saturated carbocycles. The second kappa shape index (κ2) is 11.5. The molecule has 150 valence electrons. The number of carbonyl (C=O) groups is 2. The molecule has 2 aromatic rings. The van der Waals surface area contributed by atoms with Crippen molar-refractivity contribution >= 4 is 23.6 Å². The van der Waals surface area contributed by atoms with Gasteiger partial charge in [-0.25, -0.2) is 0 Å². The summed E-state index contributed by atoms with van der Waals surface area (Å²) >= 11 is 1.50. The first-order valence-electron chi connectivity index (χ1n) is 9.86. The van der Waals surface area contributed by atoms with Crippen LogP contribution in [-0.4, -0.2) is 34.6 Å². The van der Waals surface area contributed by atoms with Gasteiger partial charge in [-0.05, 0) is 37.5 Å². The number of benzene rings is 2. The highest BCUT2D eigenvalue weighted by molar-refractivity contribution is 8.00. The molecule has 2 rings (SSSR count). The number of nitrogens with zero attached hydrogens (tertiary/aromatic N) is 1. The number of hydrogen-bond acceptors (Lipinski definition) is 3. The van der Waals surface area contributed by atoms with Gasteiger partial charge in [-0.1, -0.05) is 62.4 Å². The summed E-state index contributed by atoms with van der Waals surface area (Å²) in [6, 6.07) is 19.3. The summed E-state index contributed by atoms with van der Waals surface area (Å²) in [6.45, 7) is 6.41. The second-order valence-corrected chi connectivity index (χ2v) is 7.90. The quantitative estimate of drug-likeness (QED) is 0.600. The minimum Gasteiger partial charge on any atom is -0.352 e. The Hall–Kier alpha value is -2.27. The number of hydrogen-bond donors (Lipinski definition) is 1. The van der Waals surface area contributed by atoms with Crippen LogP contribution in [0.1, 0.15) is 39.2 Å². The zero-order chi connectivity index (χ0) is 20.4. The Bertz CT molecular complexity index is 737. The van der Waals surface area contributed by atoms with E-state index < -0.39 is 6.04 Å². The Morgan fingerprint density at radius 1 is 0.964 bits per heavy atom. The van der Waals surface area contributed by atoms with Gasteiger partial charge in [0.05, 0.1) is 5.75 Å². The van der Waals surface area contributed by atoms with Crippen LogP contribution in [0.25, 0.3) is 0 Å². The van der Waals surface area contributed by atoms with Gasteiger partial charge in [0.25, 0.3) is 0 Å². The van der Waals surface area contributed by atoms with Crippen molar-refractivity contribution < 1.29 is 9.59 Å². The molecule has 0 aliphatic heterocycles. The average Bonchev–Trinajstić information content (AvgIpc) is 2.73. The van der Waals surface area contributed by atoms with E-state index >= 15 is 0 Å². The minimum atomic E-state index is -0.474. The van der Waals surface area contributed by atoms with Crippen molar-refractivity contribution in [3.8, 4) is 0 Å². The van der Waals surface area contributed by atoms with Crippen LogP contribution in [0.15, 0.2) is 65.6 Å². The number of thioether (sulfide) groups is 1. The molecule has 2 amide bonds. The van der Waals surface area contributed by atoms with Crippen LogP contribution in [-0.2, 0) is 16.1 Å². The molecule has 0 aliphatic rings. The van der Waals surface area contributed by atoms with Gasteiger partial charge in [0.1, 0.15) is 6.04 Å². The largest absolute Gasteiger partial charge is 0.352 e. The minimum absolute atomic E-state index is 0.0242. The molecule has 0 aromatic heterocycles. The molecule has 0 heterocycles. The van der Waals surface area contributed by atoms with Gasteiger partial charge in [0, 0.05) is 17.5 Å². The van der Waals surface area contributed by atoms with E-state index in [1.54, 1.807) is 4.90 Å². The predicted octanol–water partition coefficient (Wildman–Crippen LogP) is 4.50. The van der Waals surface area contributed by atoms with E-state index in [0.29, 0.717) is 18.7 Å².